The van der Waals surface area contributed by atoms with Crippen LogP contribution in [0.1, 0.15) is 6.42 Å². The zero-order chi connectivity index (χ0) is 8.81. The van der Waals surface area contributed by atoms with Crippen LogP contribution >= 0.6 is 0 Å². The lowest BCUT2D eigenvalue weighted by Crippen LogP contribution is -2.47. The van der Waals surface area contributed by atoms with Crippen molar-refractivity contribution in [3.8, 4) is 0 Å². The third-order valence-electron chi connectivity index (χ3n) is 2.09. The summed E-state index contributed by atoms with van der Waals surface area (Å²) in [6, 6.07) is 0.0821. The summed E-state index contributed by atoms with van der Waals surface area (Å²) in [7, 11) is 0. The summed E-state index contributed by atoms with van der Waals surface area (Å²) < 4.78 is 5.19. The van der Waals surface area contributed by atoms with Crippen molar-refractivity contribution in [2.45, 2.75) is 12.5 Å². The number of aliphatic hydroxyl groups is 1. The molecule has 1 fully saturated rings. The highest BCUT2D eigenvalue weighted by Crippen LogP contribution is 2.05. The van der Waals surface area contributed by atoms with E-state index in [1.165, 1.54) is 0 Å². The van der Waals surface area contributed by atoms with Crippen LogP contribution in [0.5, 0.6) is 0 Å². The van der Waals surface area contributed by atoms with Crippen molar-refractivity contribution in [3.05, 3.63) is 0 Å². The second kappa shape index (κ2) is 5.24. The van der Waals surface area contributed by atoms with E-state index in [9.17, 15) is 4.79 Å². The Morgan fingerprint density at radius 3 is 3.17 bits per heavy atom. The number of hydrogen-bond acceptors (Lipinski definition) is 4. The molecule has 0 aromatic heterocycles. The Kier molecular flexibility index (Phi) is 4.21. The van der Waals surface area contributed by atoms with Gasteiger partial charge in [0.05, 0.1) is 25.9 Å². The molecule has 0 spiro atoms. The number of aliphatic hydroxyl groups excluding tert-OH is 1. The number of hydrogen-bond donors (Lipinski definition) is 1. The average molecular weight is 173 g/mol. The molecule has 1 rings (SSSR count). The van der Waals surface area contributed by atoms with Crippen molar-refractivity contribution >= 4 is 6.29 Å². The Morgan fingerprint density at radius 2 is 2.50 bits per heavy atom. The van der Waals surface area contributed by atoms with Gasteiger partial charge in [-0.15, -0.1) is 0 Å². The minimum Gasteiger partial charge on any atom is -0.395 e. The quantitative estimate of drug-likeness (QED) is 0.569. The lowest BCUT2D eigenvalue weighted by atomic mass is 10.2. The second-order valence-corrected chi connectivity index (χ2v) is 2.90. The summed E-state index contributed by atoms with van der Waals surface area (Å²) in [6.45, 7) is 2.95. The summed E-state index contributed by atoms with van der Waals surface area (Å²) in [5.74, 6) is 0. The highest BCUT2D eigenvalue weighted by atomic mass is 16.5. The van der Waals surface area contributed by atoms with Gasteiger partial charge in [0.15, 0.2) is 0 Å². The van der Waals surface area contributed by atoms with Crippen molar-refractivity contribution in [2.24, 2.45) is 0 Å². The van der Waals surface area contributed by atoms with Crippen molar-refractivity contribution in [1.29, 1.82) is 0 Å². The topological polar surface area (TPSA) is 49.8 Å². The van der Waals surface area contributed by atoms with Crippen molar-refractivity contribution < 1.29 is 14.6 Å². The van der Waals surface area contributed by atoms with Gasteiger partial charge in [0.25, 0.3) is 0 Å². The van der Waals surface area contributed by atoms with E-state index in [0.717, 1.165) is 19.4 Å². The Morgan fingerprint density at radius 1 is 1.67 bits per heavy atom. The highest BCUT2D eigenvalue weighted by Gasteiger charge is 2.20. The van der Waals surface area contributed by atoms with Crippen LogP contribution in [0, 0.1) is 0 Å². The maximum atomic E-state index is 10.1. The van der Waals surface area contributed by atoms with Crippen LogP contribution < -0.4 is 0 Å². The van der Waals surface area contributed by atoms with Gasteiger partial charge in [-0.1, -0.05) is 0 Å². The van der Waals surface area contributed by atoms with E-state index in [4.69, 9.17) is 9.84 Å². The normalized spacial score (nSPS) is 25.6. The Balaban J connectivity index is 2.30. The molecule has 4 heteroatoms. The van der Waals surface area contributed by atoms with E-state index in [2.05, 4.69) is 4.90 Å². The average Bonchev–Trinajstić information content (AvgIpc) is 2.15. The molecule has 0 aliphatic carbocycles. The predicted molar refractivity (Wildman–Crippen MR) is 43.9 cm³/mol. The van der Waals surface area contributed by atoms with Gasteiger partial charge in [0, 0.05) is 19.5 Å². The molecular weight excluding hydrogens is 158 g/mol. The van der Waals surface area contributed by atoms with Gasteiger partial charge in [-0.05, 0) is 0 Å². The molecule has 0 radical (unpaired) electrons. The fourth-order valence-electron chi connectivity index (χ4n) is 1.37. The van der Waals surface area contributed by atoms with Gasteiger partial charge in [-0.25, -0.2) is 0 Å². The molecule has 0 aromatic rings. The van der Waals surface area contributed by atoms with E-state index >= 15 is 0 Å². The van der Waals surface area contributed by atoms with Crippen LogP contribution in [0.25, 0.3) is 0 Å². The molecule has 0 bridgehead atoms. The van der Waals surface area contributed by atoms with Crippen molar-refractivity contribution in [3.63, 3.8) is 0 Å². The second-order valence-electron chi connectivity index (χ2n) is 2.90. The number of morpholine rings is 1. The molecule has 1 N–H and O–H groups in total. The van der Waals surface area contributed by atoms with E-state index in [0.29, 0.717) is 19.6 Å². The van der Waals surface area contributed by atoms with Gasteiger partial charge in [-0.2, -0.15) is 0 Å². The molecule has 1 atom stereocenters. The first-order chi connectivity index (χ1) is 5.88. The third-order valence-corrected chi connectivity index (χ3v) is 2.09. The summed E-state index contributed by atoms with van der Waals surface area (Å²) in [4.78, 5) is 12.2. The van der Waals surface area contributed by atoms with Crippen LogP contribution in [0.15, 0.2) is 0 Å². The molecular formula is C8H15NO3. The van der Waals surface area contributed by atoms with Gasteiger partial charge < -0.3 is 14.6 Å². The molecule has 12 heavy (non-hydrogen) atoms. The number of ether oxygens (including phenoxy) is 1. The third kappa shape index (κ3) is 2.55. The first-order valence-electron chi connectivity index (χ1n) is 4.24. The molecule has 4 nitrogen and oxygen atoms in total. The first-order valence-corrected chi connectivity index (χ1v) is 4.24. The Bertz CT molecular complexity index is 140. The molecule has 0 amide bonds. The van der Waals surface area contributed by atoms with E-state index in [1.807, 2.05) is 0 Å². The molecule has 1 saturated heterocycles. The fraction of sp³-hybridized carbons (Fsp3) is 0.875. The minimum absolute atomic E-state index is 0.0821. The highest BCUT2D eigenvalue weighted by molar-refractivity contribution is 5.49. The minimum atomic E-state index is 0.0821. The number of carbonyl (C=O) groups is 1. The van der Waals surface area contributed by atoms with E-state index < -0.39 is 0 Å². The lowest BCUT2D eigenvalue weighted by molar-refractivity contribution is -0.108. The number of nitrogens with zero attached hydrogens (tertiary/aromatic N) is 1. The zero-order valence-corrected chi connectivity index (χ0v) is 7.11. The largest absolute Gasteiger partial charge is 0.395 e. The van der Waals surface area contributed by atoms with Gasteiger partial charge >= 0.3 is 0 Å². The molecule has 1 heterocycles. The number of aldehydes is 1. The standard InChI is InChI=1S/C8H15NO3/c10-4-1-2-9-3-5-12-7-8(9)6-11/h4,8,11H,1-3,5-7H2. The summed E-state index contributed by atoms with van der Waals surface area (Å²) in [6.07, 6.45) is 1.44. The number of carbonyl (C=O) groups excluding carboxylic acids is 1. The molecule has 70 valence electrons. The lowest BCUT2D eigenvalue weighted by Gasteiger charge is -2.33. The van der Waals surface area contributed by atoms with Gasteiger partial charge in [0.2, 0.25) is 0 Å². The zero-order valence-electron chi connectivity index (χ0n) is 7.11. The molecule has 1 aliphatic rings. The first kappa shape index (κ1) is 9.64. The van der Waals surface area contributed by atoms with Gasteiger partial charge in [0.1, 0.15) is 6.29 Å². The number of rotatable bonds is 4. The van der Waals surface area contributed by atoms with Gasteiger partial charge in [-0.3, -0.25) is 4.90 Å². The van der Waals surface area contributed by atoms with Crippen LogP contribution in [0.4, 0.5) is 0 Å². The summed E-state index contributed by atoms with van der Waals surface area (Å²) in [5.41, 5.74) is 0. The smallest absolute Gasteiger partial charge is 0.121 e. The monoisotopic (exact) mass is 173 g/mol. The fourth-order valence-corrected chi connectivity index (χ4v) is 1.37. The maximum absolute atomic E-state index is 10.1. The predicted octanol–water partition coefficient (Wildman–Crippen LogP) is -0.732. The van der Waals surface area contributed by atoms with Crippen molar-refractivity contribution in [2.75, 3.05) is 32.9 Å². The molecule has 1 unspecified atom stereocenters. The van der Waals surface area contributed by atoms with E-state index in [-0.39, 0.29) is 12.6 Å². The van der Waals surface area contributed by atoms with Crippen LogP contribution in [-0.2, 0) is 9.53 Å². The van der Waals surface area contributed by atoms with Crippen LogP contribution in [0.3, 0.4) is 0 Å². The van der Waals surface area contributed by atoms with E-state index in [1.54, 1.807) is 0 Å². The van der Waals surface area contributed by atoms with Crippen LogP contribution in [0.2, 0.25) is 0 Å². The molecule has 0 saturated carbocycles. The van der Waals surface area contributed by atoms with Crippen molar-refractivity contribution in [1.82, 2.24) is 4.90 Å². The summed E-state index contributed by atoms with van der Waals surface area (Å²) in [5, 5.41) is 8.95. The SMILES string of the molecule is O=CCCN1CCOCC1CO. The molecule has 1 aliphatic heterocycles. The Hall–Kier alpha value is -0.450. The maximum Gasteiger partial charge on any atom is 0.121 e. The summed E-state index contributed by atoms with van der Waals surface area (Å²) >= 11 is 0. The Labute approximate surface area is 72.1 Å². The van der Waals surface area contributed by atoms with Crippen LogP contribution in [-0.4, -0.2) is 55.2 Å². The molecule has 0 aromatic carbocycles.